The zero-order chi connectivity index (χ0) is 19.9. The van der Waals surface area contributed by atoms with Gasteiger partial charge in [0.05, 0.1) is 5.56 Å². The molecule has 0 radical (unpaired) electrons. The predicted molar refractivity (Wildman–Crippen MR) is 101 cm³/mol. The number of rotatable bonds is 3. The third kappa shape index (κ3) is 3.47. The second kappa shape index (κ2) is 6.94. The Bertz CT molecular complexity index is 1020. The number of phenolic OH excluding ortho intramolecular Hbond substituents is 1. The highest BCUT2D eigenvalue weighted by Gasteiger charge is 2.31. The molecule has 0 amide bonds. The smallest absolute Gasteiger partial charge is 0.416 e. The maximum absolute atomic E-state index is 12.9. The summed E-state index contributed by atoms with van der Waals surface area (Å²) in [4.78, 5) is 2.22. The van der Waals surface area contributed by atoms with Crippen LogP contribution < -0.4 is 5.32 Å². The maximum atomic E-state index is 12.9. The number of nitrogens with zero attached hydrogens (tertiary/aromatic N) is 3. The molecule has 1 fully saturated rings. The Morgan fingerprint density at radius 2 is 1.86 bits per heavy atom. The predicted octanol–water partition coefficient (Wildman–Crippen LogP) is 4.14. The van der Waals surface area contributed by atoms with E-state index >= 15 is 0 Å². The van der Waals surface area contributed by atoms with Crippen molar-refractivity contribution in [2.24, 2.45) is 0 Å². The SMILES string of the molecule is CN1CCC(Nc2nnc(-c3ccc(C(F)(F)F)cc3O)c3ccccc23)C1. The number of nitrogens with one attached hydrogen (secondary N) is 1. The van der Waals surface area contributed by atoms with E-state index in [0.717, 1.165) is 31.0 Å². The first-order chi connectivity index (χ1) is 13.3. The molecule has 1 saturated heterocycles. The number of hydrogen-bond donors (Lipinski definition) is 2. The van der Waals surface area contributed by atoms with Crippen LogP contribution in [0.3, 0.4) is 0 Å². The molecule has 1 aromatic heterocycles. The Balaban J connectivity index is 1.76. The molecule has 5 nitrogen and oxygen atoms in total. The molecule has 1 aliphatic heterocycles. The summed E-state index contributed by atoms with van der Waals surface area (Å²) < 4.78 is 38.6. The highest BCUT2D eigenvalue weighted by atomic mass is 19.4. The highest BCUT2D eigenvalue weighted by molar-refractivity contribution is 6.00. The van der Waals surface area contributed by atoms with Crippen LogP contribution in [-0.2, 0) is 6.18 Å². The summed E-state index contributed by atoms with van der Waals surface area (Å²) in [7, 11) is 2.06. The fraction of sp³-hybridized carbons (Fsp3) is 0.300. The summed E-state index contributed by atoms with van der Waals surface area (Å²) >= 11 is 0. The van der Waals surface area contributed by atoms with Crippen LogP contribution in [0.25, 0.3) is 22.0 Å². The molecule has 146 valence electrons. The van der Waals surface area contributed by atoms with Gasteiger partial charge in [0.1, 0.15) is 11.4 Å². The van der Waals surface area contributed by atoms with Gasteiger partial charge < -0.3 is 15.3 Å². The number of likely N-dealkylation sites (tertiary alicyclic amines) is 1. The van der Waals surface area contributed by atoms with Crippen LogP contribution in [-0.4, -0.2) is 46.4 Å². The van der Waals surface area contributed by atoms with Gasteiger partial charge in [-0.1, -0.05) is 24.3 Å². The average molecular weight is 388 g/mol. The van der Waals surface area contributed by atoms with E-state index in [9.17, 15) is 18.3 Å². The third-order valence-corrected chi connectivity index (χ3v) is 5.00. The lowest BCUT2D eigenvalue weighted by atomic mass is 10.0. The molecule has 3 aromatic rings. The first-order valence-corrected chi connectivity index (χ1v) is 8.94. The Kier molecular flexibility index (Phi) is 4.58. The summed E-state index contributed by atoms with van der Waals surface area (Å²) in [5.74, 6) is 0.151. The quantitative estimate of drug-likeness (QED) is 0.706. The zero-order valence-corrected chi connectivity index (χ0v) is 15.2. The number of phenols is 1. The van der Waals surface area contributed by atoms with Crippen molar-refractivity contribution in [1.82, 2.24) is 15.1 Å². The molecule has 0 aliphatic carbocycles. The number of hydrogen-bond acceptors (Lipinski definition) is 5. The van der Waals surface area contributed by atoms with Gasteiger partial charge in [0.25, 0.3) is 0 Å². The topological polar surface area (TPSA) is 61.3 Å². The normalized spacial score (nSPS) is 17.9. The van der Waals surface area contributed by atoms with E-state index in [2.05, 4.69) is 27.5 Å². The number of fused-ring (bicyclic) bond motifs is 1. The van der Waals surface area contributed by atoms with Gasteiger partial charge >= 0.3 is 6.18 Å². The molecule has 0 spiro atoms. The summed E-state index contributed by atoms with van der Waals surface area (Å²) in [5.41, 5.74) is -0.352. The Morgan fingerprint density at radius 1 is 1.11 bits per heavy atom. The number of halogens is 3. The monoisotopic (exact) mass is 388 g/mol. The van der Waals surface area contributed by atoms with Crippen molar-refractivity contribution in [2.45, 2.75) is 18.6 Å². The zero-order valence-electron chi connectivity index (χ0n) is 15.2. The van der Waals surface area contributed by atoms with E-state index in [1.807, 2.05) is 24.3 Å². The van der Waals surface area contributed by atoms with Crippen LogP contribution in [0.1, 0.15) is 12.0 Å². The summed E-state index contributed by atoms with van der Waals surface area (Å²) in [6, 6.07) is 10.5. The van der Waals surface area contributed by atoms with Gasteiger partial charge in [0.15, 0.2) is 5.82 Å². The molecule has 4 rings (SSSR count). The van der Waals surface area contributed by atoms with E-state index in [1.165, 1.54) is 6.07 Å². The molecule has 2 heterocycles. The van der Waals surface area contributed by atoms with Crippen LogP contribution in [0.2, 0.25) is 0 Å². The number of benzene rings is 2. The number of likely N-dealkylation sites (N-methyl/N-ethyl adjacent to an activating group) is 1. The molecule has 28 heavy (non-hydrogen) atoms. The first kappa shape index (κ1) is 18.5. The van der Waals surface area contributed by atoms with Gasteiger partial charge in [-0.2, -0.15) is 13.2 Å². The fourth-order valence-electron chi connectivity index (χ4n) is 3.56. The van der Waals surface area contributed by atoms with Gasteiger partial charge in [0.2, 0.25) is 0 Å². The van der Waals surface area contributed by atoms with Crippen molar-refractivity contribution in [3.63, 3.8) is 0 Å². The van der Waals surface area contributed by atoms with Crippen molar-refractivity contribution in [3.05, 3.63) is 48.0 Å². The van der Waals surface area contributed by atoms with Crippen LogP contribution in [0, 0.1) is 0 Å². The van der Waals surface area contributed by atoms with Crippen molar-refractivity contribution in [1.29, 1.82) is 0 Å². The summed E-state index contributed by atoms with van der Waals surface area (Å²) in [6.07, 6.45) is -3.53. The number of aromatic hydroxyl groups is 1. The second-order valence-electron chi connectivity index (χ2n) is 7.06. The third-order valence-electron chi connectivity index (χ3n) is 5.00. The standard InChI is InChI=1S/C20H19F3N4O/c1-27-9-8-13(11-27)24-19-15-5-3-2-4-14(15)18(25-26-19)16-7-6-12(10-17(16)28)20(21,22)23/h2-7,10,13,28H,8-9,11H2,1H3,(H,24,26). The lowest BCUT2D eigenvalue weighted by Gasteiger charge is -2.16. The van der Waals surface area contributed by atoms with E-state index in [-0.39, 0.29) is 11.6 Å². The van der Waals surface area contributed by atoms with Gasteiger partial charge in [-0.3, -0.25) is 0 Å². The first-order valence-electron chi connectivity index (χ1n) is 8.94. The van der Waals surface area contributed by atoms with Crippen molar-refractivity contribution in [2.75, 3.05) is 25.5 Å². The molecule has 2 aromatic carbocycles. The van der Waals surface area contributed by atoms with Crippen LogP contribution in [0.5, 0.6) is 5.75 Å². The van der Waals surface area contributed by atoms with Crippen molar-refractivity contribution < 1.29 is 18.3 Å². The van der Waals surface area contributed by atoms with Gasteiger partial charge in [-0.25, -0.2) is 0 Å². The Labute approximate surface area is 159 Å². The lowest BCUT2D eigenvalue weighted by molar-refractivity contribution is -0.137. The minimum atomic E-state index is -4.52. The molecule has 0 bridgehead atoms. The fourth-order valence-corrected chi connectivity index (χ4v) is 3.56. The number of anilines is 1. The molecular weight excluding hydrogens is 369 g/mol. The lowest BCUT2D eigenvalue weighted by Crippen LogP contribution is -2.24. The van der Waals surface area contributed by atoms with Crippen LogP contribution >= 0.6 is 0 Å². The Morgan fingerprint density at radius 3 is 2.50 bits per heavy atom. The van der Waals surface area contributed by atoms with Crippen LogP contribution in [0.4, 0.5) is 19.0 Å². The molecule has 1 aliphatic rings. The summed E-state index contributed by atoms with van der Waals surface area (Å²) in [6.45, 7) is 1.90. The minimum absolute atomic E-state index is 0.212. The van der Waals surface area contributed by atoms with Gasteiger partial charge in [-0.15, -0.1) is 10.2 Å². The Hall–Kier alpha value is -2.87. The van der Waals surface area contributed by atoms with E-state index in [1.54, 1.807) is 0 Å². The van der Waals surface area contributed by atoms with Crippen molar-refractivity contribution >= 4 is 16.6 Å². The van der Waals surface area contributed by atoms with E-state index in [4.69, 9.17) is 0 Å². The molecule has 8 heteroatoms. The molecule has 1 atom stereocenters. The van der Waals surface area contributed by atoms with Crippen LogP contribution in [0.15, 0.2) is 42.5 Å². The molecule has 2 N–H and O–H groups in total. The van der Waals surface area contributed by atoms with E-state index < -0.39 is 17.5 Å². The second-order valence-corrected chi connectivity index (χ2v) is 7.06. The van der Waals surface area contributed by atoms with E-state index in [0.29, 0.717) is 23.0 Å². The average Bonchev–Trinajstić information content (AvgIpc) is 3.06. The van der Waals surface area contributed by atoms with Crippen molar-refractivity contribution in [3.8, 4) is 17.0 Å². The molecular formula is C20H19F3N4O. The number of aromatic nitrogens is 2. The minimum Gasteiger partial charge on any atom is -0.507 e. The van der Waals surface area contributed by atoms with Gasteiger partial charge in [0, 0.05) is 28.9 Å². The summed E-state index contributed by atoms with van der Waals surface area (Å²) in [5, 5.41) is 23.6. The largest absolute Gasteiger partial charge is 0.507 e. The number of alkyl halides is 3. The van der Waals surface area contributed by atoms with Gasteiger partial charge in [-0.05, 0) is 38.2 Å². The molecule has 0 saturated carbocycles. The maximum Gasteiger partial charge on any atom is 0.416 e. The highest BCUT2D eigenvalue weighted by Crippen LogP contribution is 2.38. The molecule has 1 unspecified atom stereocenters.